The SMILES string of the molecule is Cc1noc(-c2ccc(C(F)F)cc2)n1. The maximum Gasteiger partial charge on any atom is 0.263 e. The van der Waals surface area contributed by atoms with Gasteiger partial charge in [0.25, 0.3) is 12.3 Å². The summed E-state index contributed by atoms with van der Waals surface area (Å²) in [5.41, 5.74) is 0.620. The molecule has 0 radical (unpaired) electrons. The lowest BCUT2D eigenvalue weighted by Crippen LogP contribution is -1.84. The normalized spacial score (nSPS) is 10.9. The van der Waals surface area contributed by atoms with E-state index in [9.17, 15) is 8.78 Å². The monoisotopic (exact) mass is 210 g/mol. The molecule has 0 aliphatic rings. The smallest absolute Gasteiger partial charge is 0.263 e. The molecule has 2 rings (SSSR count). The van der Waals surface area contributed by atoms with Crippen molar-refractivity contribution in [3.8, 4) is 11.5 Å². The van der Waals surface area contributed by atoms with E-state index in [0.29, 0.717) is 17.3 Å². The zero-order valence-electron chi connectivity index (χ0n) is 7.95. The highest BCUT2D eigenvalue weighted by molar-refractivity contribution is 5.53. The van der Waals surface area contributed by atoms with Crippen molar-refractivity contribution in [2.45, 2.75) is 13.3 Å². The first-order valence-corrected chi connectivity index (χ1v) is 4.35. The highest BCUT2D eigenvalue weighted by Crippen LogP contribution is 2.22. The van der Waals surface area contributed by atoms with Crippen LogP contribution in [0.3, 0.4) is 0 Å². The van der Waals surface area contributed by atoms with Crippen molar-refractivity contribution in [1.29, 1.82) is 0 Å². The van der Waals surface area contributed by atoms with Crippen LogP contribution in [0.15, 0.2) is 28.8 Å². The molecule has 78 valence electrons. The molecule has 0 saturated carbocycles. The molecule has 0 aliphatic carbocycles. The zero-order chi connectivity index (χ0) is 10.8. The fourth-order valence-corrected chi connectivity index (χ4v) is 1.19. The summed E-state index contributed by atoms with van der Waals surface area (Å²) in [6.45, 7) is 1.69. The van der Waals surface area contributed by atoms with Gasteiger partial charge < -0.3 is 4.52 Å². The summed E-state index contributed by atoms with van der Waals surface area (Å²) in [7, 11) is 0. The molecule has 1 heterocycles. The number of rotatable bonds is 2. The quantitative estimate of drug-likeness (QED) is 0.764. The van der Waals surface area contributed by atoms with E-state index in [4.69, 9.17) is 4.52 Å². The predicted molar refractivity (Wildman–Crippen MR) is 49.4 cm³/mol. The molecule has 0 amide bonds. The Balaban J connectivity index is 2.31. The van der Waals surface area contributed by atoms with Crippen LogP contribution in [0, 0.1) is 6.92 Å². The van der Waals surface area contributed by atoms with Crippen molar-refractivity contribution in [3.05, 3.63) is 35.7 Å². The standard InChI is InChI=1S/C10H8F2N2O/c1-6-13-10(15-14-6)8-4-2-7(3-5-8)9(11)12/h2-5,9H,1H3. The van der Waals surface area contributed by atoms with E-state index in [1.807, 2.05) is 0 Å². The minimum atomic E-state index is -2.46. The van der Waals surface area contributed by atoms with E-state index >= 15 is 0 Å². The Morgan fingerprint density at radius 1 is 1.20 bits per heavy atom. The van der Waals surface area contributed by atoms with E-state index in [2.05, 4.69) is 10.1 Å². The van der Waals surface area contributed by atoms with Crippen LogP contribution in [0.1, 0.15) is 17.8 Å². The van der Waals surface area contributed by atoms with Gasteiger partial charge in [-0.2, -0.15) is 4.98 Å². The average molecular weight is 210 g/mol. The maximum atomic E-state index is 12.3. The second-order valence-corrected chi connectivity index (χ2v) is 3.07. The number of aryl methyl sites for hydroxylation is 1. The fraction of sp³-hybridized carbons (Fsp3) is 0.200. The summed E-state index contributed by atoms with van der Waals surface area (Å²) in [6.07, 6.45) is -2.46. The van der Waals surface area contributed by atoms with Gasteiger partial charge in [0.15, 0.2) is 5.82 Å². The van der Waals surface area contributed by atoms with E-state index < -0.39 is 6.43 Å². The molecule has 1 aromatic heterocycles. The van der Waals surface area contributed by atoms with Gasteiger partial charge in [-0.15, -0.1) is 0 Å². The number of halogens is 2. The largest absolute Gasteiger partial charge is 0.334 e. The lowest BCUT2D eigenvalue weighted by molar-refractivity contribution is 0.151. The topological polar surface area (TPSA) is 38.9 Å². The van der Waals surface area contributed by atoms with Crippen LogP contribution in [0.25, 0.3) is 11.5 Å². The Morgan fingerprint density at radius 3 is 2.33 bits per heavy atom. The van der Waals surface area contributed by atoms with Crippen LogP contribution < -0.4 is 0 Å². The lowest BCUT2D eigenvalue weighted by atomic mass is 10.1. The third-order valence-electron chi connectivity index (χ3n) is 1.94. The van der Waals surface area contributed by atoms with Crippen LogP contribution in [0.2, 0.25) is 0 Å². The summed E-state index contributed by atoms with van der Waals surface area (Å²) < 4.78 is 29.4. The zero-order valence-corrected chi connectivity index (χ0v) is 7.95. The minimum Gasteiger partial charge on any atom is -0.334 e. The molecule has 0 fully saturated rings. The first-order valence-electron chi connectivity index (χ1n) is 4.35. The molecule has 3 nitrogen and oxygen atoms in total. The number of alkyl halides is 2. The summed E-state index contributed by atoms with van der Waals surface area (Å²) in [6, 6.07) is 5.77. The Hall–Kier alpha value is -1.78. The lowest BCUT2D eigenvalue weighted by Gasteiger charge is -1.99. The van der Waals surface area contributed by atoms with Crippen molar-refractivity contribution < 1.29 is 13.3 Å². The first kappa shape index (κ1) is 9.76. The van der Waals surface area contributed by atoms with E-state index in [-0.39, 0.29) is 5.56 Å². The molecule has 0 unspecified atom stereocenters. The second-order valence-electron chi connectivity index (χ2n) is 3.07. The minimum absolute atomic E-state index is 0.0185. The molecule has 0 aliphatic heterocycles. The fourth-order valence-electron chi connectivity index (χ4n) is 1.19. The van der Waals surface area contributed by atoms with Gasteiger partial charge in [0, 0.05) is 11.1 Å². The second kappa shape index (κ2) is 3.76. The molecular weight excluding hydrogens is 202 g/mol. The van der Waals surface area contributed by atoms with Crippen molar-refractivity contribution in [3.63, 3.8) is 0 Å². The Labute approximate surface area is 84.7 Å². The van der Waals surface area contributed by atoms with Crippen LogP contribution in [-0.2, 0) is 0 Å². The molecule has 0 N–H and O–H groups in total. The number of hydrogen-bond acceptors (Lipinski definition) is 3. The molecule has 0 saturated heterocycles. The van der Waals surface area contributed by atoms with Gasteiger partial charge in [-0.1, -0.05) is 17.3 Å². The van der Waals surface area contributed by atoms with E-state index in [1.165, 1.54) is 24.3 Å². The van der Waals surface area contributed by atoms with Crippen molar-refractivity contribution >= 4 is 0 Å². The average Bonchev–Trinajstić information content (AvgIpc) is 2.65. The highest BCUT2D eigenvalue weighted by Gasteiger charge is 2.09. The summed E-state index contributed by atoms with van der Waals surface area (Å²) in [5.74, 6) is 0.858. The van der Waals surface area contributed by atoms with Crippen LogP contribution in [0.4, 0.5) is 8.78 Å². The van der Waals surface area contributed by atoms with Gasteiger partial charge in [-0.05, 0) is 19.1 Å². The van der Waals surface area contributed by atoms with Crippen molar-refractivity contribution in [1.82, 2.24) is 10.1 Å². The van der Waals surface area contributed by atoms with E-state index in [0.717, 1.165) is 0 Å². The van der Waals surface area contributed by atoms with Gasteiger partial charge in [-0.3, -0.25) is 0 Å². The molecule has 2 aromatic rings. The number of nitrogens with zero attached hydrogens (tertiary/aromatic N) is 2. The third kappa shape index (κ3) is 2.01. The Bertz CT molecular complexity index is 451. The molecular formula is C10H8F2N2O. The van der Waals surface area contributed by atoms with Crippen LogP contribution in [-0.4, -0.2) is 10.1 Å². The number of benzene rings is 1. The number of aromatic nitrogens is 2. The molecule has 1 aromatic carbocycles. The van der Waals surface area contributed by atoms with Gasteiger partial charge in [0.05, 0.1) is 0 Å². The predicted octanol–water partition coefficient (Wildman–Crippen LogP) is 2.98. The molecule has 0 bridgehead atoms. The summed E-state index contributed by atoms with van der Waals surface area (Å²) >= 11 is 0. The Morgan fingerprint density at radius 2 is 1.87 bits per heavy atom. The van der Waals surface area contributed by atoms with Crippen LogP contribution in [0.5, 0.6) is 0 Å². The third-order valence-corrected chi connectivity index (χ3v) is 1.94. The maximum absolute atomic E-state index is 12.3. The van der Waals surface area contributed by atoms with Crippen LogP contribution >= 0.6 is 0 Å². The molecule has 0 spiro atoms. The molecule has 0 atom stereocenters. The summed E-state index contributed by atoms with van der Waals surface area (Å²) in [5, 5.41) is 3.62. The van der Waals surface area contributed by atoms with Gasteiger partial charge in [0.2, 0.25) is 0 Å². The number of hydrogen-bond donors (Lipinski definition) is 0. The van der Waals surface area contributed by atoms with Gasteiger partial charge >= 0.3 is 0 Å². The van der Waals surface area contributed by atoms with Gasteiger partial charge in [0.1, 0.15) is 0 Å². The first-order chi connectivity index (χ1) is 7.16. The Kier molecular flexibility index (Phi) is 2.45. The van der Waals surface area contributed by atoms with E-state index in [1.54, 1.807) is 6.92 Å². The molecule has 5 heteroatoms. The summed E-state index contributed by atoms with van der Waals surface area (Å²) in [4.78, 5) is 3.99. The van der Waals surface area contributed by atoms with Crippen molar-refractivity contribution in [2.75, 3.05) is 0 Å². The van der Waals surface area contributed by atoms with Crippen molar-refractivity contribution in [2.24, 2.45) is 0 Å². The highest BCUT2D eigenvalue weighted by atomic mass is 19.3. The molecule has 15 heavy (non-hydrogen) atoms. The van der Waals surface area contributed by atoms with Gasteiger partial charge in [-0.25, -0.2) is 8.78 Å².